The van der Waals surface area contributed by atoms with Gasteiger partial charge in [0.05, 0.1) is 16.1 Å². The molecule has 21 heavy (non-hydrogen) atoms. The van der Waals surface area contributed by atoms with Crippen molar-refractivity contribution in [2.45, 2.75) is 4.90 Å². The highest BCUT2D eigenvalue weighted by atomic mass is 35.5. The fraction of sp³-hybridized carbons (Fsp3) is 0. The molecule has 8 heteroatoms. The Morgan fingerprint density at radius 1 is 1.14 bits per heavy atom. The van der Waals surface area contributed by atoms with Crippen LogP contribution in [0.1, 0.15) is 0 Å². The molecular formula is C13H9ClN2O4S. The number of aromatic amines is 1. The Morgan fingerprint density at radius 3 is 2.71 bits per heavy atom. The average molecular weight is 325 g/mol. The largest absolute Gasteiger partial charge is 0.417 e. The molecular weight excluding hydrogens is 316 g/mol. The van der Waals surface area contributed by atoms with Crippen LogP contribution in [0, 0.1) is 0 Å². The zero-order chi connectivity index (χ0) is 15.0. The molecule has 2 aromatic carbocycles. The van der Waals surface area contributed by atoms with Crippen LogP contribution < -0.4 is 10.5 Å². The zero-order valence-electron chi connectivity index (χ0n) is 10.5. The van der Waals surface area contributed by atoms with E-state index in [9.17, 15) is 13.2 Å². The summed E-state index contributed by atoms with van der Waals surface area (Å²) >= 11 is 5.79. The van der Waals surface area contributed by atoms with Gasteiger partial charge in [0.15, 0.2) is 5.58 Å². The van der Waals surface area contributed by atoms with Crippen LogP contribution in [0.5, 0.6) is 0 Å². The van der Waals surface area contributed by atoms with E-state index in [4.69, 9.17) is 16.0 Å². The van der Waals surface area contributed by atoms with E-state index < -0.39 is 15.8 Å². The normalized spacial score (nSPS) is 11.7. The van der Waals surface area contributed by atoms with Crippen LogP contribution in [-0.2, 0) is 10.0 Å². The van der Waals surface area contributed by atoms with Crippen molar-refractivity contribution in [3.05, 3.63) is 58.0 Å². The topological polar surface area (TPSA) is 92.2 Å². The number of rotatable bonds is 3. The van der Waals surface area contributed by atoms with Crippen molar-refractivity contribution in [2.24, 2.45) is 0 Å². The van der Waals surface area contributed by atoms with Crippen molar-refractivity contribution >= 4 is 38.4 Å². The molecule has 1 heterocycles. The van der Waals surface area contributed by atoms with E-state index in [1.807, 2.05) is 0 Å². The van der Waals surface area contributed by atoms with Gasteiger partial charge in [0.1, 0.15) is 0 Å². The molecule has 0 radical (unpaired) electrons. The van der Waals surface area contributed by atoms with E-state index >= 15 is 0 Å². The molecule has 3 aromatic rings. The van der Waals surface area contributed by atoms with Crippen LogP contribution in [0.4, 0.5) is 5.69 Å². The van der Waals surface area contributed by atoms with Gasteiger partial charge in [-0.1, -0.05) is 17.7 Å². The molecule has 6 nitrogen and oxygen atoms in total. The molecule has 0 aliphatic heterocycles. The average Bonchev–Trinajstić information content (AvgIpc) is 2.77. The predicted molar refractivity (Wildman–Crippen MR) is 79.1 cm³/mol. The minimum absolute atomic E-state index is 0.0469. The summed E-state index contributed by atoms with van der Waals surface area (Å²) in [5.74, 6) is -0.597. The maximum absolute atomic E-state index is 12.2. The zero-order valence-corrected chi connectivity index (χ0v) is 12.0. The maximum Gasteiger partial charge on any atom is 0.417 e. The lowest BCUT2D eigenvalue weighted by Gasteiger charge is -2.08. The molecule has 0 spiro atoms. The minimum atomic E-state index is -3.76. The SMILES string of the molecule is O=c1[nH]c2ccc(NS(=O)(=O)c3cccc(Cl)c3)cc2o1. The van der Waals surface area contributed by atoms with Gasteiger partial charge in [-0.05, 0) is 30.3 Å². The molecule has 0 atom stereocenters. The molecule has 0 unspecified atom stereocenters. The lowest BCUT2D eigenvalue weighted by molar-refractivity contribution is 0.555. The van der Waals surface area contributed by atoms with E-state index in [0.29, 0.717) is 10.5 Å². The second-order valence-electron chi connectivity index (χ2n) is 4.29. The molecule has 1 aromatic heterocycles. The molecule has 0 bridgehead atoms. The summed E-state index contributed by atoms with van der Waals surface area (Å²) in [5.41, 5.74) is 1.04. The Morgan fingerprint density at radius 2 is 1.95 bits per heavy atom. The minimum Gasteiger partial charge on any atom is -0.408 e. The van der Waals surface area contributed by atoms with Crippen LogP contribution in [-0.4, -0.2) is 13.4 Å². The van der Waals surface area contributed by atoms with E-state index in [1.165, 1.54) is 24.3 Å². The molecule has 108 valence electrons. The van der Waals surface area contributed by atoms with Gasteiger partial charge in [0, 0.05) is 11.1 Å². The van der Waals surface area contributed by atoms with Gasteiger partial charge in [-0.2, -0.15) is 0 Å². The maximum atomic E-state index is 12.2. The number of H-pyrrole nitrogens is 1. The van der Waals surface area contributed by atoms with Gasteiger partial charge in [0.25, 0.3) is 10.0 Å². The second-order valence-corrected chi connectivity index (χ2v) is 6.41. The Balaban J connectivity index is 1.98. The molecule has 0 saturated heterocycles. The molecule has 0 amide bonds. The van der Waals surface area contributed by atoms with Gasteiger partial charge in [-0.15, -0.1) is 0 Å². The summed E-state index contributed by atoms with van der Waals surface area (Å²) < 4.78 is 31.7. The number of halogens is 1. The Labute approximate surface area is 124 Å². The number of oxazole rings is 1. The fourth-order valence-corrected chi connectivity index (χ4v) is 3.21. The molecule has 0 saturated carbocycles. The molecule has 2 N–H and O–H groups in total. The number of hydrogen-bond donors (Lipinski definition) is 2. The lowest BCUT2D eigenvalue weighted by atomic mass is 10.3. The van der Waals surface area contributed by atoms with Gasteiger partial charge in [0.2, 0.25) is 0 Å². The number of sulfonamides is 1. The van der Waals surface area contributed by atoms with Crippen molar-refractivity contribution in [1.29, 1.82) is 0 Å². The summed E-state index contributed by atoms with van der Waals surface area (Å²) in [6, 6.07) is 10.4. The lowest BCUT2D eigenvalue weighted by Crippen LogP contribution is -2.12. The van der Waals surface area contributed by atoms with Crippen LogP contribution in [0.3, 0.4) is 0 Å². The van der Waals surface area contributed by atoms with Gasteiger partial charge < -0.3 is 4.42 Å². The van der Waals surface area contributed by atoms with Crippen molar-refractivity contribution in [3.63, 3.8) is 0 Å². The Hall–Kier alpha value is -2.25. The van der Waals surface area contributed by atoms with E-state index in [-0.39, 0.29) is 16.2 Å². The fourth-order valence-electron chi connectivity index (χ4n) is 1.86. The first-order valence-corrected chi connectivity index (χ1v) is 7.71. The smallest absolute Gasteiger partial charge is 0.408 e. The highest BCUT2D eigenvalue weighted by Gasteiger charge is 2.15. The summed E-state index contributed by atoms with van der Waals surface area (Å²) in [7, 11) is -3.76. The first-order valence-electron chi connectivity index (χ1n) is 5.85. The number of anilines is 1. The third-order valence-corrected chi connectivity index (χ3v) is 4.39. The molecule has 3 rings (SSSR count). The number of benzene rings is 2. The molecule has 0 fully saturated rings. The van der Waals surface area contributed by atoms with Crippen LogP contribution in [0.25, 0.3) is 11.1 Å². The number of hydrogen-bond acceptors (Lipinski definition) is 4. The highest BCUT2D eigenvalue weighted by Crippen LogP contribution is 2.21. The standard InChI is InChI=1S/C13H9ClN2O4S/c14-8-2-1-3-10(6-8)21(18,19)16-9-4-5-11-12(7-9)20-13(17)15-11/h1-7,16H,(H,15,17). The third kappa shape index (κ3) is 2.79. The van der Waals surface area contributed by atoms with Crippen LogP contribution >= 0.6 is 11.6 Å². The van der Waals surface area contributed by atoms with Crippen molar-refractivity contribution in [3.8, 4) is 0 Å². The number of aromatic nitrogens is 1. The number of fused-ring (bicyclic) bond motifs is 1. The van der Waals surface area contributed by atoms with Crippen LogP contribution in [0.15, 0.2) is 56.6 Å². The molecule has 0 aliphatic carbocycles. The van der Waals surface area contributed by atoms with Gasteiger partial charge >= 0.3 is 5.76 Å². The highest BCUT2D eigenvalue weighted by molar-refractivity contribution is 7.92. The van der Waals surface area contributed by atoms with Gasteiger partial charge in [-0.25, -0.2) is 13.2 Å². The van der Waals surface area contributed by atoms with Crippen molar-refractivity contribution < 1.29 is 12.8 Å². The second kappa shape index (κ2) is 4.94. The van der Waals surface area contributed by atoms with Crippen molar-refractivity contribution in [2.75, 3.05) is 4.72 Å². The first kappa shape index (κ1) is 13.7. The van der Waals surface area contributed by atoms with E-state index in [1.54, 1.807) is 18.2 Å². The van der Waals surface area contributed by atoms with Crippen LogP contribution in [0.2, 0.25) is 5.02 Å². The van der Waals surface area contributed by atoms with Gasteiger partial charge in [-0.3, -0.25) is 9.71 Å². The van der Waals surface area contributed by atoms with Crippen molar-refractivity contribution in [1.82, 2.24) is 4.98 Å². The Kier molecular flexibility index (Phi) is 3.23. The quantitative estimate of drug-likeness (QED) is 0.774. The third-order valence-electron chi connectivity index (χ3n) is 2.78. The predicted octanol–water partition coefficient (Wildman–Crippen LogP) is 2.58. The summed E-state index contributed by atoms with van der Waals surface area (Å²) in [4.78, 5) is 13.6. The number of nitrogens with one attached hydrogen (secondary N) is 2. The molecule has 0 aliphatic rings. The summed E-state index contributed by atoms with van der Waals surface area (Å²) in [6.07, 6.45) is 0. The van der Waals surface area contributed by atoms with E-state index in [0.717, 1.165) is 0 Å². The first-order chi connectivity index (χ1) is 9.94. The Bertz CT molecular complexity index is 975. The van der Waals surface area contributed by atoms with E-state index in [2.05, 4.69) is 9.71 Å². The summed E-state index contributed by atoms with van der Waals surface area (Å²) in [6.45, 7) is 0. The summed E-state index contributed by atoms with van der Waals surface area (Å²) in [5, 5.41) is 0.324. The monoisotopic (exact) mass is 324 g/mol.